The molecule has 3 heterocycles. The van der Waals surface area contributed by atoms with E-state index >= 15 is 0 Å². The predicted octanol–water partition coefficient (Wildman–Crippen LogP) is 5.31. The molecule has 5 rings (SSSR count). The van der Waals surface area contributed by atoms with E-state index in [2.05, 4.69) is 51.0 Å². The highest BCUT2D eigenvalue weighted by molar-refractivity contribution is 6.31. The monoisotopic (exact) mass is 599 g/mol. The second-order valence-electron chi connectivity index (χ2n) is 10.2. The fourth-order valence-electron chi connectivity index (χ4n) is 5.10. The summed E-state index contributed by atoms with van der Waals surface area (Å²) >= 11 is 5.83. The van der Waals surface area contributed by atoms with E-state index in [9.17, 15) is 13.6 Å². The fourth-order valence-corrected chi connectivity index (χ4v) is 5.27. The van der Waals surface area contributed by atoms with Crippen LogP contribution in [0.25, 0.3) is 0 Å². The van der Waals surface area contributed by atoms with Crippen molar-refractivity contribution < 1.29 is 23.1 Å². The molecule has 222 valence electrons. The van der Waals surface area contributed by atoms with E-state index in [4.69, 9.17) is 21.2 Å². The van der Waals surface area contributed by atoms with Crippen LogP contribution in [0.5, 0.6) is 5.75 Å². The maximum Gasteiger partial charge on any atom is 0.247 e. The zero-order valence-electron chi connectivity index (χ0n) is 23.5. The zero-order valence-corrected chi connectivity index (χ0v) is 24.3. The van der Waals surface area contributed by atoms with Crippen molar-refractivity contribution in [2.45, 2.75) is 25.4 Å². The topological polar surface area (TPSA) is 95.1 Å². The number of piperazine rings is 1. The van der Waals surface area contributed by atoms with Crippen LogP contribution in [0, 0.1) is 11.6 Å². The van der Waals surface area contributed by atoms with Gasteiger partial charge in [0, 0.05) is 49.8 Å². The summed E-state index contributed by atoms with van der Waals surface area (Å²) in [5.74, 6) is -0.721. The summed E-state index contributed by atoms with van der Waals surface area (Å²) in [6.07, 6.45) is 3.00. The van der Waals surface area contributed by atoms with Gasteiger partial charge in [0.2, 0.25) is 5.91 Å². The maximum atomic E-state index is 14.9. The number of nitrogens with zero attached hydrogens (tertiary/aromatic N) is 5. The van der Waals surface area contributed by atoms with Crippen molar-refractivity contribution in [2.75, 3.05) is 61.0 Å². The number of benzene rings is 2. The van der Waals surface area contributed by atoms with Crippen molar-refractivity contribution in [3.8, 4) is 5.75 Å². The van der Waals surface area contributed by atoms with Gasteiger partial charge in [-0.15, -0.1) is 0 Å². The van der Waals surface area contributed by atoms with Crippen molar-refractivity contribution in [3.63, 3.8) is 0 Å². The summed E-state index contributed by atoms with van der Waals surface area (Å²) in [4.78, 5) is 31.3. The van der Waals surface area contributed by atoms with Crippen molar-refractivity contribution in [1.82, 2.24) is 14.9 Å². The Kier molecular flexibility index (Phi) is 8.76. The molecule has 2 aliphatic rings. The van der Waals surface area contributed by atoms with E-state index in [0.717, 1.165) is 31.4 Å². The SMILES string of the molecule is C=CC(=O)Nc1cc(Nc2cc(N3OCC[C@@H]3c3ccc(F)c(Cl)c3F)ncn2)c(OC)cc1N1CCN(C)[C@@H](C)C1. The molecule has 2 N–H and O–H groups in total. The average Bonchev–Trinajstić information content (AvgIpc) is 3.47. The standard InChI is InChI=1S/C29H32ClF2N7O3/c1-5-27(40)36-20-12-21(24(41-4)13-23(20)38-10-9-37(3)17(2)15-38)35-25-14-26(34-16-33-25)39-22(8-11-42-39)18-6-7-19(31)28(30)29(18)32/h5-7,12-14,16-17,22H,1,8-11,15H2,2-4H3,(H,36,40)(H,33,34,35)/t17-,22+/m0/s1. The van der Waals surface area contributed by atoms with Gasteiger partial charge < -0.3 is 25.2 Å². The van der Waals surface area contributed by atoms with Crippen molar-refractivity contribution in [1.29, 1.82) is 0 Å². The molecule has 0 unspecified atom stereocenters. The van der Waals surface area contributed by atoms with Gasteiger partial charge in [-0.1, -0.05) is 24.2 Å². The van der Waals surface area contributed by atoms with E-state index in [1.165, 1.54) is 23.5 Å². The van der Waals surface area contributed by atoms with Crippen LogP contribution in [-0.2, 0) is 9.63 Å². The number of rotatable bonds is 8. The van der Waals surface area contributed by atoms with Gasteiger partial charge in [-0.2, -0.15) is 0 Å². The molecule has 2 fully saturated rings. The Morgan fingerprint density at radius 3 is 2.76 bits per heavy atom. The number of amides is 1. The second-order valence-corrected chi connectivity index (χ2v) is 10.5. The first-order chi connectivity index (χ1) is 20.2. The molecular weight excluding hydrogens is 568 g/mol. The average molecular weight is 600 g/mol. The van der Waals surface area contributed by atoms with Gasteiger partial charge in [-0.25, -0.2) is 23.8 Å². The number of anilines is 5. The third-order valence-corrected chi connectivity index (χ3v) is 7.88. The Morgan fingerprint density at radius 1 is 1.21 bits per heavy atom. The summed E-state index contributed by atoms with van der Waals surface area (Å²) in [5, 5.41) is 7.05. The highest BCUT2D eigenvalue weighted by Crippen LogP contribution is 2.41. The molecular formula is C29H32ClF2N7O3. The molecule has 0 aliphatic carbocycles. The molecule has 1 amide bonds. The van der Waals surface area contributed by atoms with Crippen molar-refractivity contribution in [3.05, 3.63) is 71.5 Å². The quantitative estimate of drug-likeness (QED) is 0.264. The highest BCUT2D eigenvalue weighted by atomic mass is 35.5. The normalized spacial score (nSPS) is 19.1. The smallest absolute Gasteiger partial charge is 0.247 e. The van der Waals surface area contributed by atoms with Gasteiger partial charge in [0.25, 0.3) is 0 Å². The number of nitrogens with one attached hydrogen (secondary N) is 2. The summed E-state index contributed by atoms with van der Waals surface area (Å²) in [6, 6.07) is 7.53. The largest absolute Gasteiger partial charge is 0.494 e. The molecule has 1 aromatic heterocycles. The summed E-state index contributed by atoms with van der Waals surface area (Å²) in [7, 11) is 3.65. The summed E-state index contributed by atoms with van der Waals surface area (Å²) < 4.78 is 34.4. The van der Waals surface area contributed by atoms with E-state index in [1.54, 1.807) is 19.2 Å². The van der Waals surface area contributed by atoms with Crippen molar-refractivity contribution in [2.24, 2.45) is 0 Å². The fraction of sp³-hybridized carbons (Fsp3) is 0.345. The van der Waals surface area contributed by atoms with Gasteiger partial charge in [-0.05, 0) is 32.2 Å². The molecule has 0 bridgehead atoms. The van der Waals surface area contributed by atoms with Gasteiger partial charge in [0.1, 0.15) is 34.6 Å². The van der Waals surface area contributed by atoms with E-state index in [1.807, 2.05) is 6.07 Å². The van der Waals surface area contributed by atoms with Gasteiger partial charge in [0.05, 0.1) is 36.8 Å². The minimum Gasteiger partial charge on any atom is -0.494 e. The van der Waals surface area contributed by atoms with Crippen LogP contribution in [0.1, 0.15) is 24.9 Å². The number of hydrogen-bond acceptors (Lipinski definition) is 9. The number of carbonyl (C=O) groups excluding carboxylic acids is 1. The Bertz CT molecular complexity index is 1490. The zero-order chi connectivity index (χ0) is 30.0. The molecule has 42 heavy (non-hydrogen) atoms. The minimum atomic E-state index is -0.835. The third kappa shape index (κ3) is 5.96. The number of likely N-dealkylation sites (N-methyl/N-ethyl adjacent to an activating group) is 1. The Hall–Kier alpha value is -4.00. The molecule has 13 heteroatoms. The molecule has 2 aliphatic heterocycles. The van der Waals surface area contributed by atoms with Crippen LogP contribution < -0.4 is 25.3 Å². The van der Waals surface area contributed by atoms with E-state index < -0.39 is 22.7 Å². The summed E-state index contributed by atoms with van der Waals surface area (Å²) in [5.41, 5.74) is 2.15. The lowest BCUT2D eigenvalue weighted by Gasteiger charge is -2.39. The lowest BCUT2D eigenvalue weighted by Crippen LogP contribution is -2.50. The molecule has 2 saturated heterocycles. The number of carbonyl (C=O) groups is 1. The molecule has 10 nitrogen and oxygen atoms in total. The number of halogens is 3. The van der Waals surface area contributed by atoms with Gasteiger partial charge in [0.15, 0.2) is 5.82 Å². The number of methoxy groups -OCH3 is 1. The van der Waals surface area contributed by atoms with E-state index in [0.29, 0.717) is 47.8 Å². The van der Waals surface area contributed by atoms with Crippen LogP contribution in [-0.4, -0.2) is 67.2 Å². The molecule has 0 saturated carbocycles. The third-order valence-electron chi connectivity index (χ3n) is 7.53. The van der Waals surface area contributed by atoms with Crippen LogP contribution in [0.4, 0.5) is 37.5 Å². The van der Waals surface area contributed by atoms with Gasteiger partial charge in [-0.3, -0.25) is 9.63 Å². The van der Waals surface area contributed by atoms with Gasteiger partial charge >= 0.3 is 0 Å². The Labute approximate surface area is 247 Å². The molecule has 0 radical (unpaired) electrons. The first kappa shape index (κ1) is 29.5. The van der Waals surface area contributed by atoms with Crippen LogP contribution in [0.3, 0.4) is 0 Å². The number of hydrogen-bond donors (Lipinski definition) is 2. The molecule has 2 aromatic carbocycles. The number of hydroxylamine groups is 1. The maximum absolute atomic E-state index is 14.9. The summed E-state index contributed by atoms with van der Waals surface area (Å²) in [6.45, 7) is 8.46. The lowest BCUT2D eigenvalue weighted by atomic mass is 10.0. The van der Waals surface area contributed by atoms with Crippen LogP contribution >= 0.6 is 11.6 Å². The molecule has 2 atom stereocenters. The number of aromatic nitrogens is 2. The predicted molar refractivity (Wildman–Crippen MR) is 159 cm³/mol. The van der Waals surface area contributed by atoms with Crippen LogP contribution in [0.15, 0.2) is 49.3 Å². The second kappa shape index (κ2) is 12.5. The van der Waals surface area contributed by atoms with E-state index in [-0.39, 0.29) is 11.5 Å². The first-order valence-electron chi connectivity index (χ1n) is 13.4. The highest BCUT2D eigenvalue weighted by Gasteiger charge is 2.32. The first-order valence-corrected chi connectivity index (χ1v) is 13.8. The Morgan fingerprint density at radius 2 is 2.02 bits per heavy atom. The minimum absolute atomic E-state index is 0.199. The molecule has 3 aromatic rings. The Balaban J connectivity index is 1.45. The number of ether oxygens (including phenoxy) is 1. The van der Waals surface area contributed by atoms with Crippen LogP contribution in [0.2, 0.25) is 5.02 Å². The lowest BCUT2D eigenvalue weighted by molar-refractivity contribution is -0.111. The van der Waals surface area contributed by atoms with Crippen molar-refractivity contribution >= 4 is 46.2 Å². The molecule has 0 spiro atoms.